The Morgan fingerprint density at radius 3 is 2.46 bits per heavy atom. The fourth-order valence-corrected chi connectivity index (χ4v) is 4.83. The number of rotatable bonds is 4. The number of aryl methyl sites for hydroxylation is 3. The van der Waals surface area contributed by atoms with Gasteiger partial charge in [-0.05, 0) is 31.9 Å². The van der Waals surface area contributed by atoms with Crippen LogP contribution in [0.15, 0.2) is 53.6 Å². The molecule has 0 aliphatic carbocycles. The zero-order valence-electron chi connectivity index (χ0n) is 15.0. The zero-order chi connectivity index (χ0) is 18.1. The average molecular weight is 378 g/mol. The van der Waals surface area contributed by atoms with E-state index in [-0.39, 0.29) is 0 Å². The Bertz CT molecular complexity index is 1070. The van der Waals surface area contributed by atoms with E-state index in [1.54, 1.807) is 23.1 Å². The molecule has 2 heterocycles. The van der Waals surface area contributed by atoms with Gasteiger partial charge in [0, 0.05) is 11.3 Å². The van der Waals surface area contributed by atoms with Crippen molar-refractivity contribution in [3.63, 3.8) is 0 Å². The van der Waals surface area contributed by atoms with Gasteiger partial charge in [0.25, 0.3) is 0 Å². The molecule has 0 amide bonds. The van der Waals surface area contributed by atoms with Crippen LogP contribution in [0.2, 0.25) is 0 Å². The standard InChI is InChI=1S/C21H19N3S2/c1-13-8-10-16(11-9-13)18-20-19(22-15(3)26-20)21(24-23-18)25-12-17-7-5-4-6-14(17)2/h4-11H,12H2,1-3H3. The summed E-state index contributed by atoms with van der Waals surface area (Å²) in [5.41, 5.74) is 6.84. The maximum absolute atomic E-state index is 4.75. The van der Waals surface area contributed by atoms with Gasteiger partial charge in [0.1, 0.15) is 16.2 Å². The van der Waals surface area contributed by atoms with E-state index in [2.05, 4.69) is 72.6 Å². The summed E-state index contributed by atoms with van der Waals surface area (Å²) in [6.07, 6.45) is 0. The van der Waals surface area contributed by atoms with Gasteiger partial charge in [0.05, 0.1) is 9.71 Å². The molecule has 3 nitrogen and oxygen atoms in total. The predicted octanol–water partition coefficient (Wildman–Crippen LogP) is 5.97. The molecule has 0 saturated carbocycles. The van der Waals surface area contributed by atoms with Crippen LogP contribution in [0.5, 0.6) is 0 Å². The first-order valence-corrected chi connectivity index (χ1v) is 10.3. The van der Waals surface area contributed by atoms with Crippen molar-refractivity contribution in [2.75, 3.05) is 0 Å². The number of thiazole rings is 1. The highest BCUT2D eigenvalue weighted by molar-refractivity contribution is 7.98. The Morgan fingerprint density at radius 1 is 0.923 bits per heavy atom. The van der Waals surface area contributed by atoms with Crippen molar-refractivity contribution in [3.8, 4) is 11.3 Å². The fourth-order valence-electron chi connectivity index (χ4n) is 2.84. The summed E-state index contributed by atoms with van der Waals surface area (Å²) in [6, 6.07) is 16.9. The minimum absolute atomic E-state index is 0.872. The average Bonchev–Trinajstić information content (AvgIpc) is 3.03. The van der Waals surface area contributed by atoms with E-state index in [9.17, 15) is 0 Å². The van der Waals surface area contributed by atoms with Crippen LogP contribution in [0.1, 0.15) is 21.7 Å². The Labute approximate surface area is 161 Å². The first-order valence-electron chi connectivity index (χ1n) is 8.50. The second-order valence-electron chi connectivity index (χ2n) is 6.35. The molecule has 0 bridgehead atoms. The Morgan fingerprint density at radius 2 is 1.69 bits per heavy atom. The normalized spacial score (nSPS) is 11.2. The molecule has 4 rings (SSSR count). The van der Waals surface area contributed by atoms with Crippen molar-refractivity contribution in [2.24, 2.45) is 0 Å². The summed E-state index contributed by atoms with van der Waals surface area (Å²) in [5.74, 6) is 0.872. The Hall–Kier alpha value is -2.24. The van der Waals surface area contributed by atoms with Gasteiger partial charge in [-0.3, -0.25) is 0 Å². The van der Waals surface area contributed by atoms with Crippen LogP contribution in [0.3, 0.4) is 0 Å². The van der Waals surface area contributed by atoms with Crippen molar-refractivity contribution in [2.45, 2.75) is 31.6 Å². The zero-order valence-corrected chi connectivity index (χ0v) is 16.6. The summed E-state index contributed by atoms with van der Waals surface area (Å²) in [6.45, 7) is 6.28. The summed E-state index contributed by atoms with van der Waals surface area (Å²) < 4.78 is 1.12. The highest BCUT2D eigenvalue weighted by Crippen LogP contribution is 2.36. The molecule has 0 saturated heterocycles. The van der Waals surface area contributed by atoms with Gasteiger partial charge in [-0.1, -0.05) is 65.9 Å². The number of benzene rings is 2. The lowest BCUT2D eigenvalue weighted by molar-refractivity contribution is 0.955. The number of hydrogen-bond acceptors (Lipinski definition) is 5. The van der Waals surface area contributed by atoms with E-state index in [0.717, 1.165) is 37.3 Å². The quantitative estimate of drug-likeness (QED) is 0.411. The first-order chi connectivity index (χ1) is 12.6. The SMILES string of the molecule is Cc1ccc(-c2nnc(SCc3ccccc3C)c3nc(C)sc23)cc1. The summed E-state index contributed by atoms with van der Waals surface area (Å²) in [7, 11) is 0. The molecule has 4 aromatic rings. The highest BCUT2D eigenvalue weighted by Gasteiger charge is 2.16. The van der Waals surface area contributed by atoms with Crippen molar-refractivity contribution in [1.29, 1.82) is 0 Å². The molecule has 0 aliphatic heterocycles. The number of aromatic nitrogens is 3. The van der Waals surface area contributed by atoms with Gasteiger partial charge >= 0.3 is 0 Å². The van der Waals surface area contributed by atoms with Crippen LogP contribution in [0.4, 0.5) is 0 Å². The number of nitrogens with zero attached hydrogens (tertiary/aromatic N) is 3. The van der Waals surface area contributed by atoms with Crippen molar-refractivity contribution < 1.29 is 0 Å². The van der Waals surface area contributed by atoms with Crippen LogP contribution < -0.4 is 0 Å². The van der Waals surface area contributed by atoms with E-state index in [1.165, 1.54) is 16.7 Å². The molecule has 0 fully saturated rings. The van der Waals surface area contributed by atoms with Gasteiger partial charge in [-0.25, -0.2) is 4.98 Å². The molecule has 2 aromatic carbocycles. The third kappa shape index (κ3) is 3.37. The van der Waals surface area contributed by atoms with Gasteiger partial charge in [0.2, 0.25) is 0 Å². The monoisotopic (exact) mass is 377 g/mol. The molecule has 0 N–H and O–H groups in total. The molecule has 130 valence electrons. The smallest absolute Gasteiger partial charge is 0.146 e. The van der Waals surface area contributed by atoms with Crippen LogP contribution in [0, 0.1) is 20.8 Å². The summed E-state index contributed by atoms with van der Waals surface area (Å²) >= 11 is 3.40. The number of thioether (sulfide) groups is 1. The van der Waals surface area contributed by atoms with Gasteiger partial charge in [-0.2, -0.15) is 0 Å². The molecule has 0 atom stereocenters. The fraction of sp³-hybridized carbons (Fsp3) is 0.190. The van der Waals surface area contributed by atoms with Gasteiger partial charge < -0.3 is 0 Å². The van der Waals surface area contributed by atoms with E-state index >= 15 is 0 Å². The molecule has 26 heavy (non-hydrogen) atoms. The molecular weight excluding hydrogens is 358 g/mol. The molecule has 5 heteroatoms. The topological polar surface area (TPSA) is 38.7 Å². The summed E-state index contributed by atoms with van der Waals surface area (Å²) in [5, 5.41) is 11.0. The first kappa shape index (κ1) is 17.2. The lowest BCUT2D eigenvalue weighted by atomic mass is 10.1. The Balaban J connectivity index is 1.72. The molecular formula is C21H19N3S2. The number of hydrogen-bond donors (Lipinski definition) is 0. The molecule has 0 unspecified atom stereocenters. The largest absolute Gasteiger partial charge is 0.238 e. The third-order valence-corrected chi connectivity index (χ3v) is 6.32. The lowest BCUT2D eigenvalue weighted by Crippen LogP contribution is -1.93. The summed E-state index contributed by atoms with van der Waals surface area (Å²) in [4.78, 5) is 4.75. The van der Waals surface area contributed by atoms with E-state index in [0.29, 0.717) is 0 Å². The maximum atomic E-state index is 4.75. The van der Waals surface area contributed by atoms with Crippen molar-refractivity contribution in [1.82, 2.24) is 15.2 Å². The molecule has 2 aromatic heterocycles. The van der Waals surface area contributed by atoms with E-state index in [1.807, 2.05) is 6.92 Å². The van der Waals surface area contributed by atoms with Crippen LogP contribution >= 0.6 is 23.1 Å². The minimum atomic E-state index is 0.872. The highest BCUT2D eigenvalue weighted by atomic mass is 32.2. The van der Waals surface area contributed by atoms with Crippen LogP contribution in [-0.4, -0.2) is 15.2 Å². The van der Waals surface area contributed by atoms with Gasteiger partial charge in [0.15, 0.2) is 0 Å². The lowest BCUT2D eigenvalue weighted by Gasteiger charge is -2.07. The Kier molecular flexibility index (Phi) is 4.74. The second-order valence-corrected chi connectivity index (χ2v) is 8.51. The number of fused-ring (bicyclic) bond motifs is 1. The van der Waals surface area contributed by atoms with E-state index in [4.69, 9.17) is 4.98 Å². The second kappa shape index (κ2) is 7.17. The molecule has 0 radical (unpaired) electrons. The van der Waals surface area contributed by atoms with E-state index < -0.39 is 0 Å². The molecule has 0 spiro atoms. The third-order valence-electron chi connectivity index (χ3n) is 4.34. The van der Waals surface area contributed by atoms with Gasteiger partial charge in [-0.15, -0.1) is 21.5 Å². The van der Waals surface area contributed by atoms with Crippen molar-refractivity contribution in [3.05, 3.63) is 70.2 Å². The maximum Gasteiger partial charge on any atom is 0.146 e. The predicted molar refractivity (Wildman–Crippen MR) is 111 cm³/mol. The van der Waals surface area contributed by atoms with Crippen LogP contribution in [-0.2, 0) is 5.75 Å². The molecule has 0 aliphatic rings. The van der Waals surface area contributed by atoms with Crippen molar-refractivity contribution >= 4 is 33.3 Å². The van der Waals surface area contributed by atoms with Crippen LogP contribution in [0.25, 0.3) is 21.5 Å². The minimum Gasteiger partial charge on any atom is -0.238 e.